The number of nitrogens with two attached hydrogens (primary N) is 3. The van der Waals surface area contributed by atoms with Crippen molar-refractivity contribution in [2.24, 2.45) is 23.1 Å². The van der Waals surface area contributed by atoms with Crippen molar-refractivity contribution in [3.8, 4) is 0 Å². The molecule has 0 saturated carbocycles. The van der Waals surface area contributed by atoms with Gasteiger partial charge in [-0.1, -0.05) is 38.5 Å². The lowest BCUT2D eigenvalue weighted by Crippen LogP contribution is -2.56. The summed E-state index contributed by atoms with van der Waals surface area (Å²) in [4.78, 5) is 85.0. The van der Waals surface area contributed by atoms with Crippen LogP contribution in [0.5, 0.6) is 0 Å². The fourth-order valence-corrected chi connectivity index (χ4v) is 6.88. The molecule has 10 N–H and O–H groups in total. The third-order valence-corrected chi connectivity index (χ3v) is 9.49. The van der Waals surface area contributed by atoms with Crippen LogP contribution in [0.2, 0.25) is 0 Å². The number of para-hydroxylation sites is 1. The van der Waals surface area contributed by atoms with Gasteiger partial charge in [-0.2, -0.15) is 0 Å². The first kappa shape index (κ1) is 38.3. The number of likely N-dealkylation sites (tertiary alicyclic amines) is 2. The molecule has 0 bridgehead atoms. The zero-order valence-electron chi connectivity index (χ0n) is 29.1. The molecule has 0 unspecified atom stereocenters. The normalized spacial score (nSPS) is 19.3. The van der Waals surface area contributed by atoms with E-state index in [4.69, 9.17) is 17.2 Å². The van der Waals surface area contributed by atoms with E-state index in [1.165, 1.54) is 4.90 Å². The van der Waals surface area contributed by atoms with Crippen molar-refractivity contribution in [3.05, 3.63) is 36.0 Å². The minimum absolute atomic E-state index is 0.0156. The number of aromatic amines is 1. The summed E-state index contributed by atoms with van der Waals surface area (Å²) in [6.45, 7) is 4.68. The van der Waals surface area contributed by atoms with Crippen LogP contribution in [0, 0.1) is 5.92 Å². The van der Waals surface area contributed by atoms with Crippen molar-refractivity contribution >= 4 is 46.3 Å². The fourth-order valence-electron chi connectivity index (χ4n) is 6.88. The molecule has 2 aromatic rings. The summed E-state index contributed by atoms with van der Waals surface area (Å²) >= 11 is 0. The Kier molecular flexibility index (Phi) is 13.7. The van der Waals surface area contributed by atoms with Gasteiger partial charge in [0.1, 0.15) is 24.2 Å². The van der Waals surface area contributed by atoms with Gasteiger partial charge in [-0.25, -0.2) is 0 Å². The molecule has 3 heterocycles. The molecule has 5 atom stereocenters. The molecule has 6 amide bonds. The molecule has 15 heteroatoms. The van der Waals surface area contributed by atoms with Crippen LogP contribution in [0.4, 0.5) is 0 Å². The predicted molar refractivity (Wildman–Crippen MR) is 188 cm³/mol. The minimum atomic E-state index is -1.02. The van der Waals surface area contributed by atoms with E-state index in [2.05, 4.69) is 20.9 Å². The van der Waals surface area contributed by atoms with Crippen molar-refractivity contribution < 1.29 is 28.8 Å². The zero-order valence-corrected chi connectivity index (χ0v) is 29.1. The summed E-state index contributed by atoms with van der Waals surface area (Å²) in [5, 5.41) is 8.91. The van der Waals surface area contributed by atoms with E-state index < -0.39 is 60.4 Å². The second-order valence-electron chi connectivity index (χ2n) is 13.8. The highest BCUT2D eigenvalue weighted by atomic mass is 16.2. The zero-order chi connectivity index (χ0) is 36.4. The number of hydrogen-bond acceptors (Lipinski definition) is 8. The molecule has 2 saturated heterocycles. The molecular formula is C35H53N9O6. The highest BCUT2D eigenvalue weighted by molar-refractivity contribution is 5.96. The van der Waals surface area contributed by atoms with Gasteiger partial charge in [-0.05, 0) is 69.0 Å². The molecule has 50 heavy (non-hydrogen) atoms. The second-order valence-corrected chi connectivity index (χ2v) is 13.8. The van der Waals surface area contributed by atoms with E-state index in [1.54, 1.807) is 11.1 Å². The topological polar surface area (TPSA) is 239 Å². The SMILES string of the molecule is CC(C)C[C@H](NC(=O)CNC(=O)[C@@H]1CCCN1C(=O)[C@@H]1CCCN1C(=O)[C@@H](N)CCCCN)C(=O)N[C@@H](Cc1c[nH]c2ccccc12)C(N)=O. The van der Waals surface area contributed by atoms with Crippen LogP contribution in [0.1, 0.15) is 70.8 Å². The van der Waals surface area contributed by atoms with Gasteiger partial charge in [0.25, 0.3) is 0 Å². The van der Waals surface area contributed by atoms with Gasteiger partial charge < -0.3 is 47.9 Å². The second kappa shape index (κ2) is 17.9. The maximum Gasteiger partial charge on any atom is 0.246 e. The molecule has 0 spiro atoms. The van der Waals surface area contributed by atoms with Crippen molar-refractivity contribution in [2.45, 2.75) is 102 Å². The summed E-state index contributed by atoms with van der Waals surface area (Å²) in [6.07, 6.45) is 6.36. The number of amides is 6. The maximum absolute atomic E-state index is 13.7. The van der Waals surface area contributed by atoms with Gasteiger partial charge in [0.05, 0.1) is 12.6 Å². The van der Waals surface area contributed by atoms with Crippen LogP contribution in [0.25, 0.3) is 10.9 Å². The van der Waals surface area contributed by atoms with E-state index in [9.17, 15) is 28.8 Å². The van der Waals surface area contributed by atoms with E-state index >= 15 is 0 Å². The summed E-state index contributed by atoms with van der Waals surface area (Å²) in [5.41, 5.74) is 19.1. The predicted octanol–water partition coefficient (Wildman–Crippen LogP) is -0.234. The summed E-state index contributed by atoms with van der Waals surface area (Å²) in [7, 11) is 0. The average Bonchev–Trinajstić information content (AvgIpc) is 3.86. The molecule has 2 aliphatic heterocycles. The van der Waals surface area contributed by atoms with Gasteiger partial charge in [0, 0.05) is 36.6 Å². The fraction of sp³-hybridized carbons (Fsp3) is 0.600. The summed E-state index contributed by atoms with van der Waals surface area (Å²) in [5.74, 6) is -2.91. The van der Waals surface area contributed by atoms with Crippen molar-refractivity contribution in [3.63, 3.8) is 0 Å². The Hall–Kier alpha value is -4.50. The first-order valence-electron chi connectivity index (χ1n) is 17.7. The number of hydrogen-bond donors (Lipinski definition) is 7. The number of aromatic nitrogens is 1. The Labute approximate surface area is 292 Å². The quantitative estimate of drug-likeness (QED) is 0.109. The maximum atomic E-state index is 13.7. The van der Waals surface area contributed by atoms with Crippen LogP contribution in [-0.2, 0) is 35.2 Å². The molecule has 15 nitrogen and oxygen atoms in total. The lowest BCUT2D eigenvalue weighted by molar-refractivity contribution is -0.147. The molecule has 1 aromatic heterocycles. The smallest absolute Gasteiger partial charge is 0.246 e. The van der Waals surface area contributed by atoms with Crippen molar-refractivity contribution in [2.75, 3.05) is 26.2 Å². The summed E-state index contributed by atoms with van der Waals surface area (Å²) in [6, 6.07) is 3.39. The average molecular weight is 696 g/mol. The number of nitrogens with zero attached hydrogens (tertiary/aromatic N) is 2. The van der Waals surface area contributed by atoms with Crippen LogP contribution in [0.15, 0.2) is 30.5 Å². The first-order chi connectivity index (χ1) is 23.9. The Morgan fingerprint density at radius 3 is 2.34 bits per heavy atom. The highest BCUT2D eigenvalue weighted by Crippen LogP contribution is 2.26. The summed E-state index contributed by atoms with van der Waals surface area (Å²) < 4.78 is 0. The van der Waals surface area contributed by atoms with Crippen LogP contribution in [0.3, 0.4) is 0 Å². The molecular weight excluding hydrogens is 642 g/mol. The number of primary amides is 1. The van der Waals surface area contributed by atoms with E-state index in [-0.39, 0.29) is 30.6 Å². The lowest BCUT2D eigenvalue weighted by atomic mass is 10.0. The molecule has 1 aromatic carbocycles. The van der Waals surface area contributed by atoms with Gasteiger partial charge in [0.15, 0.2) is 0 Å². The number of fused-ring (bicyclic) bond motifs is 1. The van der Waals surface area contributed by atoms with Gasteiger partial charge >= 0.3 is 0 Å². The Balaban J connectivity index is 1.32. The number of H-pyrrole nitrogens is 1. The number of benzene rings is 1. The third-order valence-electron chi connectivity index (χ3n) is 9.49. The van der Waals surface area contributed by atoms with Crippen LogP contribution >= 0.6 is 0 Å². The molecule has 274 valence electrons. The van der Waals surface area contributed by atoms with Gasteiger partial charge in [-0.15, -0.1) is 0 Å². The minimum Gasteiger partial charge on any atom is -0.368 e. The van der Waals surface area contributed by atoms with E-state index in [0.717, 1.165) is 29.3 Å². The standard InChI is InChI=1S/C35H53N9O6/c1-21(2)17-27(32(47)42-26(31(38)46)18-22-19-39-25-11-4-3-9-23(22)25)41-30(45)20-40-33(48)28-12-7-15-43(28)35(50)29-13-8-16-44(29)34(49)24(37)10-5-6-14-36/h3-4,9,11,19,21,24,26-29,39H,5-8,10,12-18,20,36-37H2,1-2H3,(H2,38,46)(H,40,48)(H,41,45)(H,42,47)/t24-,26-,27-,28-,29-/m0/s1. The molecule has 0 radical (unpaired) electrons. The Bertz CT molecular complexity index is 1530. The Morgan fingerprint density at radius 2 is 1.64 bits per heavy atom. The van der Waals surface area contributed by atoms with E-state index in [0.29, 0.717) is 51.7 Å². The van der Waals surface area contributed by atoms with Crippen LogP contribution in [-0.4, -0.2) is 107 Å². The van der Waals surface area contributed by atoms with E-state index in [1.807, 2.05) is 38.1 Å². The Morgan fingerprint density at radius 1 is 0.940 bits per heavy atom. The lowest BCUT2D eigenvalue weighted by Gasteiger charge is -2.32. The number of carbonyl (C=O) groups excluding carboxylic acids is 6. The molecule has 0 aliphatic carbocycles. The number of nitrogens with one attached hydrogen (secondary N) is 4. The van der Waals surface area contributed by atoms with Crippen LogP contribution < -0.4 is 33.2 Å². The van der Waals surface area contributed by atoms with Crippen molar-refractivity contribution in [1.82, 2.24) is 30.7 Å². The van der Waals surface area contributed by atoms with Gasteiger partial charge in [-0.3, -0.25) is 28.8 Å². The number of carbonyl (C=O) groups is 6. The number of unbranched alkanes of at least 4 members (excludes halogenated alkanes) is 1. The molecule has 2 aliphatic rings. The van der Waals surface area contributed by atoms with Gasteiger partial charge in [0.2, 0.25) is 35.4 Å². The largest absolute Gasteiger partial charge is 0.368 e. The molecule has 4 rings (SSSR count). The van der Waals surface area contributed by atoms with Crippen molar-refractivity contribution in [1.29, 1.82) is 0 Å². The number of rotatable bonds is 17. The third kappa shape index (κ3) is 9.81. The first-order valence-corrected chi connectivity index (χ1v) is 17.7. The highest BCUT2D eigenvalue weighted by Gasteiger charge is 2.43. The molecule has 2 fully saturated rings. The monoisotopic (exact) mass is 695 g/mol.